The van der Waals surface area contributed by atoms with Gasteiger partial charge < -0.3 is 9.47 Å². The van der Waals surface area contributed by atoms with Gasteiger partial charge in [-0.3, -0.25) is 9.59 Å². The Bertz CT molecular complexity index is 267. The van der Waals surface area contributed by atoms with E-state index >= 15 is 0 Å². The average Bonchev–Trinajstić information content (AvgIpc) is 2.29. The molecule has 1 saturated carbocycles. The van der Waals surface area contributed by atoms with Gasteiger partial charge in [-0.15, -0.1) is 0 Å². The van der Waals surface area contributed by atoms with E-state index in [2.05, 4.69) is 6.92 Å². The van der Waals surface area contributed by atoms with Gasteiger partial charge in [0.15, 0.2) is 5.41 Å². The van der Waals surface area contributed by atoms with E-state index in [4.69, 9.17) is 9.47 Å². The highest BCUT2D eigenvalue weighted by atomic mass is 16.6. The summed E-state index contributed by atoms with van der Waals surface area (Å²) in [6.45, 7) is 6.17. The summed E-state index contributed by atoms with van der Waals surface area (Å²) in [5, 5.41) is 0. The molecule has 17 heavy (non-hydrogen) atoms. The van der Waals surface area contributed by atoms with Crippen molar-refractivity contribution in [3.63, 3.8) is 0 Å². The van der Waals surface area contributed by atoms with Crippen molar-refractivity contribution in [2.24, 2.45) is 11.3 Å². The minimum absolute atomic E-state index is 0.300. The predicted octanol–water partition coefficient (Wildman–Crippen LogP) is 2.31. The van der Waals surface area contributed by atoms with Crippen LogP contribution >= 0.6 is 0 Å². The molecule has 0 saturated heterocycles. The molecule has 0 aromatic carbocycles. The third-order valence-corrected chi connectivity index (χ3v) is 3.33. The summed E-state index contributed by atoms with van der Waals surface area (Å²) < 4.78 is 10.1. The third kappa shape index (κ3) is 2.99. The number of hydrogen-bond donors (Lipinski definition) is 0. The standard InChI is InChI=1S/C13H22O4/c1-4-16-11(14)13(12(15)17-5-2)8-6-7-10(3)9-13/h10H,4-9H2,1-3H3. The maximum absolute atomic E-state index is 12.1. The molecule has 0 N–H and O–H groups in total. The smallest absolute Gasteiger partial charge is 0.323 e. The molecule has 0 heterocycles. The molecule has 0 bridgehead atoms. The molecule has 4 nitrogen and oxygen atoms in total. The molecule has 0 aromatic rings. The largest absolute Gasteiger partial charge is 0.465 e. The second kappa shape index (κ2) is 6.03. The summed E-state index contributed by atoms with van der Waals surface area (Å²) in [5.74, 6) is -0.465. The van der Waals surface area contributed by atoms with Gasteiger partial charge in [0, 0.05) is 0 Å². The van der Waals surface area contributed by atoms with E-state index in [-0.39, 0.29) is 0 Å². The highest BCUT2D eigenvalue weighted by molar-refractivity contribution is 6.00. The number of ether oxygens (including phenoxy) is 2. The Morgan fingerprint density at radius 2 is 1.71 bits per heavy atom. The van der Waals surface area contributed by atoms with Gasteiger partial charge in [-0.05, 0) is 32.6 Å². The van der Waals surface area contributed by atoms with Crippen LogP contribution in [-0.2, 0) is 19.1 Å². The third-order valence-electron chi connectivity index (χ3n) is 3.33. The molecule has 1 atom stereocenters. The molecule has 1 unspecified atom stereocenters. The quantitative estimate of drug-likeness (QED) is 0.560. The molecule has 1 aliphatic rings. The minimum atomic E-state index is -1.05. The van der Waals surface area contributed by atoms with Crippen LogP contribution in [0.3, 0.4) is 0 Å². The molecule has 0 aromatic heterocycles. The second-order valence-electron chi connectivity index (χ2n) is 4.72. The van der Waals surface area contributed by atoms with Gasteiger partial charge >= 0.3 is 11.9 Å². The fourth-order valence-corrected chi connectivity index (χ4v) is 2.54. The van der Waals surface area contributed by atoms with Gasteiger partial charge in [0.05, 0.1) is 13.2 Å². The summed E-state index contributed by atoms with van der Waals surface area (Å²) in [4.78, 5) is 24.1. The molecule has 0 aliphatic heterocycles. The van der Waals surface area contributed by atoms with Gasteiger partial charge in [0.1, 0.15) is 0 Å². The van der Waals surface area contributed by atoms with Crippen LogP contribution in [-0.4, -0.2) is 25.2 Å². The second-order valence-corrected chi connectivity index (χ2v) is 4.72. The zero-order valence-electron chi connectivity index (χ0n) is 11.0. The molecule has 0 spiro atoms. The first-order chi connectivity index (χ1) is 8.06. The molecule has 0 amide bonds. The Labute approximate surface area is 103 Å². The van der Waals surface area contributed by atoms with Crippen molar-refractivity contribution in [3.05, 3.63) is 0 Å². The lowest BCUT2D eigenvalue weighted by Crippen LogP contribution is -2.45. The zero-order chi connectivity index (χ0) is 12.9. The van der Waals surface area contributed by atoms with Crippen LogP contribution in [0.1, 0.15) is 46.5 Å². The van der Waals surface area contributed by atoms with Crippen molar-refractivity contribution in [3.8, 4) is 0 Å². The molecule has 4 heteroatoms. The van der Waals surface area contributed by atoms with Gasteiger partial charge in [-0.2, -0.15) is 0 Å². The predicted molar refractivity (Wildman–Crippen MR) is 63.3 cm³/mol. The van der Waals surface area contributed by atoms with Crippen LogP contribution < -0.4 is 0 Å². The topological polar surface area (TPSA) is 52.6 Å². The maximum Gasteiger partial charge on any atom is 0.323 e. The van der Waals surface area contributed by atoms with Crippen LogP contribution in [0.4, 0.5) is 0 Å². The van der Waals surface area contributed by atoms with E-state index in [1.807, 2.05) is 0 Å². The van der Waals surface area contributed by atoms with Gasteiger partial charge in [0.2, 0.25) is 0 Å². The summed E-state index contributed by atoms with van der Waals surface area (Å²) >= 11 is 0. The normalized spacial score (nSPS) is 22.9. The van der Waals surface area contributed by atoms with Crippen LogP contribution in [0, 0.1) is 11.3 Å². The first kappa shape index (κ1) is 14.0. The van der Waals surface area contributed by atoms with E-state index in [0.29, 0.717) is 32.0 Å². The summed E-state index contributed by atoms with van der Waals surface area (Å²) in [7, 11) is 0. The lowest BCUT2D eigenvalue weighted by molar-refractivity contribution is -0.176. The van der Waals surface area contributed by atoms with E-state index < -0.39 is 17.4 Å². The van der Waals surface area contributed by atoms with Crippen molar-refractivity contribution >= 4 is 11.9 Å². The zero-order valence-corrected chi connectivity index (χ0v) is 11.0. The molecule has 1 aliphatic carbocycles. The fraction of sp³-hybridized carbons (Fsp3) is 0.846. The Hall–Kier alpha value is -1.06. The molecule has 1 rings (SSSR count). The summed E-state index contributed by atoms with van der Waals surface area (Å²) in [6.07, 6.45) is 3.03. The van der Waals surface area contributed by atoms with Crippen LogP contribution in [0.25, 0.3) is 0 Å². The van der Waals surface area contributed by atoms with E-state index in [0.717, 1.165) is 12.8 Å². The SMILES string of the molecule is CCOC(=O)C1(C(=O)OCC)CCCC(C)C1. The number of hydrogen-bond acceptors (Lipinski definition) is 4. The number of carbonyl (C=O) groups excluding carboxylic acids is 2. The van der Waals surface area contributed by atoms with Crippen molar-refractivity contribution < 1.29 is 19.1 Å². The lowest BCUT2D eigenvalue weighted by Gasteiger charge is -2.35. The fourth-order valence-electron chi connectivity index (χ4n) is 2.54. The van der Waals surface area contributed by atoms with Crippen LogP contribution in [0.5, 0.6) is 0 Å². The van der Waals surface area contributed by atoms with Crippen molar-refractivity contribution in [1.29, 1.82) is 0 Å². The van der Waals surface area contributed by atoms with E-state index in [1.165, 1.54) is 0 Å². The van der Waals surface area contributed by atoms with Gasteiger partial charge in [-0.25, -0.2) is 0 Å². The first-order valence-corrected chi connectivity index (χ1v) is 6.41. The molecule has 0 radical (unpaired) electrons. The van der Waals surface area contributed by atoms with Gasteiger partial charge in [0.25, 0.3) is 0 Å². The Balaban J connectivity index is 2.90. The summed E-state index contributed by atoms with van der Waals surface area (Å²) in [6, 6.07) is 0. The Morgan fingerprint density at radius 3 is 2.12 bits per heavy atom. The number of carbonyl (C=O) groups is 2. The van der Waals surface area contributed by atoms with E-state index in [9.17, 15) is 9.59 Å². The summed E-state index contributed by atoms with van der Waals surface area (Å²) in [5.41, 5.74) is -1.05. The lowest BCUT2D eigenvalue weighted by atomic mass is 9.70. The van der Waals surface area contributed by atoms with E-state index in [1.54, 1.807) is 13.8 Å². The molecule has 98 valence electrons. The maximum atomic E-state index is 12.1. The highest BCUT2D eigenvalue weighted by Crippen LogP contribution is 2.41. The van der Waals surface area contributed by atoms with Crippen molar-refractivity contribution in [1.82, 2.24) is 0 Å². The Kier molecular flexibility index (Phi) is 4.97. The molecular weight excluding hydrogens is 220 g/mol. The van der Waals surface area contributed by atoms with Crippen molar-refractivity contribution in [2.45, 2.75) is 46.5 Å². The average molecular weight is 242 g/mol. The number of rotatable bonds is 4. The minimum Gasteiger partial charge on any atom is -0.465 e. The van der Waals surface area contributed by atoms with Gasteiger partial charge in [-0.1, -0.05) is 19.8 Å². The molecule has 1 fully saturated rings. The molecular formula is C13H22O4. The monoisotopic (exact) mass is 242 g/mol. The van der Waals surface area contributed by atoms with Crippen molar-refractivity contribution in [2.75, 3.05) is 13.2 Å². The highest BCUT2D eigenvalue weighted by Gasteiger charge is 2.50. The van der Waals surface area contributed by atoms with Crippen LogP contribution in [0.15, 0.2) is 0 Å². The Morgan fingerprint density at radius 1 is 1.18 bits per heavy atom. The van der Waals surface area contributed by atoms with Crippen LogP contribution in [0.2, 0.25) is 0 Å². The first-order valence-electron chi connectivity index (χ1n) is 6.41. The number of esters is 2.